The molecule has 0 aromatic carbocycles. The van der Waals surface area contributed by atoms with E-state index in [1.165, 1.54) is 0 Å². The van der Waals surface area contributed by atoms with Crippen molar-refractivity contribution in [2.45, 2.75) is 6.92 Å². The molecule has 0 atom stereocenters. The zero-order valence-electron chi connectivity index (χ0n) is 6.82. The van der Waals surface area contributed by atoms with Crippen molar-refractivity contribution in [3.8, 4) is 0 Å². The van der Waals surface area contributed by atoms with Gasteiger partial charge in [0.25, 0.3) is 0 Å². The molecule has 1 rings (SSSR count). The van der Waals surface area contributed by atoms with E-state index in [0.29, 0.717) is 5.70 Å². The molecule has 0 aliphatic rings. The summed E-state index contributed by atoms with van der Waals surface area (Å²) in [5.41, 5.74) is 1.42. The minimum atomic E-state index is 0.557. The minimum Gasteiger partial charge on any atom is -0.353 e. The molecule has 0 aliphatic heterocycles. The molecule has 0 saturated heterocycles. The topological polar surface area (TPSA) is 42.0 Å². The number of allylic oxidation sites excluding steroid dienone is 2. The van der Waals surface area contributed by atoms with E-state index in [4.69, 9.17) is 0 Å². The molecule has 3 nitrogen and oxygen atoms in total. The van der Waals surface area contributed by atoms with Crippen molar-refractivity contribution < 1.29 is 4.79 Å². The predicted octanol–water partition coefficient (Wildman–Crippen LogP) is 1.60. The van der Waals surface area contributed by atoms with Crippen LogP contribution in [0.25, 0.3) is 0 Å². The Kier molecular flexibility index (Phi) is 3.02. The summed E-state index contributed by atoms with van der Waals surface area (Å²) < 4.78 is 0. The van der Waals surface area contributed by atoms with E-state index in [1.54, 1.807) is 37.5 Å². The Bertz CT molecular complexity index is 280. The van der Waals surface area contributed by atoms with Gasteiger partial charge in [0, 0.05) is 18.1 Å². The third-order valence-corrected chi connectivity index (χ3v) is 1.41. The van der Waals surface area contributed by atoms with Gasteiger partial charge in [0.05, 0.1) is 5.70 Å². The van der Waals surface area contributed by atoms with Crippen LogP contribution in [-0.4, -0.2) is 11.3 Å². The number of carbonyl (C=O) groups is 1. The van der Waals surface area contributed by atoms with Gasteiger partial charge in [0.1, 0.15) is 0 Å². The monoisotopic (exact) mass is 162 g/mol. The van der Waals surface area contributed by atoms with Crippen LogP contribution in [0.5, 0.6) is 0 Å². The summed E-state index contributed by atoms with van der Waals surface area (Å²) in [4.78, 5) is 14.3. The molecule has 62 valence electrons. The van der Waals surface area contributed by atoms with Crippen molar-refractivity contribution in [2.24, 2.45) is 0 Å². The van der Waals surface area contributed by atoms with E-state index < -0.39 is 0 Å². The highest BCUT2D eigenvalue weighted by molar-refractivity contribution is 5.78. The van der Waals surface area contributed by atoms with Gasteiger partial charge in [-0.25, -0.2) is 0 Å². The number of anilines is 1. The Labute approximate surface area is 71.1 Å². The quantitative estimate of drug-likeness (QED) is 0.542. The molecule has 12 heavy (non-hydrogen) atoms. The number of carbonyl (C=O) groups excluding carboxylic acids is 1. The minimum absolute atomic E-state index is 0.557. The van der Waals surface area contributed by atoms with Crippen LogP contribution in [0.3, 0.4) is 0 Å². The van der Waals surface area contributed by atoms with Crippen LogP contribution in [0.4, 0.5) is 5.69 Å². The first kappa shape index (κ1) is 8.46. The molecule has 0 bridgehead atoms. The molecule has 0 spiro atoms. The maximum absolute atomic E-state index is 10.4. The summed E-state index contributed by atoms with van der Waals surface area (Å²) in [5.74, 6) is 0. The second kappa shape index (κ2) is 4.28. The van der Waals surface area contributed by atoms with Gasteiger partial charge in [-0.05, 0) is 19.1 Å². The van der Waals surface area contributed by atoms with Gasteiger partial charge in [0.15, 0.2) is 6.29 Å². The van der Waals surface area contributed by atoms with Gasteiger partial charge in [-0.2, -0.15) is 0 Å². The zero-order valence-corrected chi connectivity index (χ0v) is 6.82. The van der Waals surface area contributed by atoms with Crippen molar-refractivity contribution in [1.82, 2.24) is 4.98 Å². The number of hydrogen-bond acceptors (Lipinski definition) is 3. The third-order valence-electron chi connectivity index (χ3n) is 1.41. The molecule has 0 amide bonds. The summed E-state index contributed by atoms with van der Waals surface area (Å²) in [7, 11) is 0. The molecule has 0 fully saturated rings. The van der Waals surface area contributed by atoms with E-state index in [2.05, 4.69) is 10.3 Å². The van der Waals surface area contributed by atoms with Crippen LogP contribution < -0.4 is 5.32 Å². The predicted molar refractivity (Wildman–Crippen MR) is 47.7 cm³/mol. The second-order valence-corrected chi connectivity index (χ2v) is 2.22. The largest absolute Gasteiger partial charge is 0.353 e. The fourth-order valence-electron chi connectivity index (χ4n) is 0.772. The molecular weight excluding hydrogens is 152 g/mol. The lowest BCUT2D eigenvalue weighted by Crippen LogP contribution is -1.99. The van der Waals surface area contributed by atoms with Crippen molar-refractivity contribution >= 4 is 12.0 Å². The average molecular weight is 162 g/mol. The van der Waals surface area contributed by atoms with Gasteiger partial charge in [-0.3, -0.25) is 9.78 Å². The lowest BCUT2D eigenvalue weighted by molar-refractivity contribution is -0.104. The molecule has 0 aliphatic carbocycles. The van der Waals surface area contributed by atoms with Crippen molar-refractivity contribution in [3.63, 3.8) is 0 Å². The summed E-state index contributed by atoms with van der Waals surface area (Å²) in [6.45, 7) is 1.80. The van der Waals surface area contributed by atoms with Crippen LogP contribution >= 0.6 is 0 Å². The van der Waals surface area contributed by atoms with Crippen LogP contribution in [-0.2, 0) is 4.79 Å². The van der Waals surface area contributed by atoms with Crippen LogP contribution in [0, 0.1) is 0 Å². The SMILES string of the molecule is CC=C(C=O)Nc1ccncc1. The first-order chi connectivity index (χ1) is 5.86. The lowest BCUT2D eigenvalue weighted by atomic mass is 10.3. The van der Waals surface area contributed by atoms with E-state index in [-0.39, 0.29) is 0 Å². The Morgan fingerprint density at radius 2 is 2.17 bits per heavy atom. The molecule has 3 heteroatoms. The zero-order chi connectivity index (χ0) is 8.81. The number of rotatable bonds is 3. The standard InChI is InChI=1S/C9H10N2O/c1-2-8(7-12)11-9-3-5-10-6-4-9/h2-7H,1H3,(H,10,11). The number of nitrogens with zero attached hydrogens (tertiary/aromatic N) is 1. The first-order valence-electron chi connectivity index (χ1n) is 3.65. The molecule has 0 radical (unpaired) electrons. The summed E-state index contributed by atoms with van der Waals surface area (Å²) >= 11 is 0. The number of aromatic nitrogens is 1. The van der Waals surface area contributed by atoms with Gasteiger partial charge in [0.2, 0.25) is 0 Å². The fourth-order valence-corrected chi connectivity index (χ4v) is 0.772. The van der Waals surface area contributed by atoms with Gasteiger partial charge in [-0.1, -0.05) is 6.08 Å². The third kappa shape index (κ3) is 2.20. The maximum Gasteiger partial charge on any atom is 0.165 e. The Hall–Kier alpha value is -1.64. The van der Waals surface area contributed by atoms with E-state index >= 15 is 0 Å². The Balaban J connectivity index is 2.70. The second-order valence-electron chi connectivity index (χ2n) is 2.22. The Morgan fingerprint density at radius 1 is 1.50 bits per heavy atom. The molecular formula is C9H10N2O. The molecule has 1 aromatic heterocycles. The molecule has 0 unspecified atom stereocenters. The van der Waals surface area contributed by atoms with E-state index in [1.807, 2.05) is 0 Å². The maximum atomic E-state index is 10.4. The number of hydrogen-bond donors (Lipinski definition) is 1. The van der Waals surface area contributed by atoms with Crippen molar-refractivity contribution in [3.05, 3.63) is 36.3 Å². The van der Waals surface area contributed by atoms with Gasteiger partial charge in [-0.15, -0.1) is 0 Å². The number of aldehydes is 1. The fraction of sp³-hybridized carbons (Fsp3) is 0.111. The molecule has 1 aromatic rings. The molecule has 0 saturated carbocycles. The highest BCUT2D eigenvalue weighted by Gasteiger charge is 1.92. The van der Waals surface area contributed by atoms with Crippen LogP contribution in [0.15, 0.2) is 36.3 Å². The lowest BCUT2D eigenvalue weighted by Gasteiger charge is -2.02. The van der Waals surface area contributed by atoms with Crippen molar-refractivity contribution in [2.75, 3.05) is 5.32 Å². The Morgan fingerprint density at radius 3 is 2.67 bits per heavy atom. The van der Waals surface area contributed by atoms with Crippen LogP contribution in [0.1, 0.15) is 6.92 Å². The summed E-state index contributed by atoms with van der Waals surface area (Å²) in [6, 6.07) is 3.60. The average Bonchev–Trinajstić information content (AvgIpc) is 2.16. The summed E-state index contributed by atoms with van der Waals surface area (Å²) in [5, 5.41) is 2.93. The number of pyridine rings is 1. The molecule has 1 heterocycles. The van der Waals surface area contributed by atoms with Crippen molar-refractivity contribution in [1.29, 1.82) is 0 Å². The van der Waals surface area contributed by atoms with Gasteiger partial charge >= 0.3 is 0 Å². The number of nitrogens with one attached hydrogen (secondary N) is 1. The van der Waals surface area contributed by atoms with Crippen LogP contribution in [0.2, 0.25) is 0 Å². The molecule has 1 N–H and O–H groups in total. The van der Waals surface area contributed by atoms with E-state index in [9.17, 15) is 4.79 Å². The highest BCUT2D eigenvalue weighted by Crippen LogP contribution is 2.05. The van der Waals surface area contributed by atoms with E-state index in [0.717, 1.165) is 12.0 Å². The van der Waals surface area contributed by atoms with Gasteiger partial charge < -0.3 is 5.32 Å². The first-order valence-corrected chi connectivity index (χ1v) is 3.65. The smallest absolute Gasteiger partial charge is 0.165 e. The highest BCUT2D eigenvalue weighted by atomic mass is 16.1. The normalized spacial score (nSPS) is 10.9. The summed E-state index contributed by atoms with van der Waals surface area (Å²) in [6.07, 6.45) is 5.83.